The number of carboxylic acids is 1. The lowest BCUT2D eigenvalue weighted by atomic mass is 9.93. The summed E-state index contributed by atoms with van der Waals surface area (Å²) in [7, 11) is -4.30. The zero-order chi connectivity index (χ0) is 28.6. The van der Waals surface area contributed by atoms with Crippen LogP contribution in [0.2, 0.25) is 0 Å². The molecule has 1 heterocycles. The Balaban J connectivity index is 1.50. The second-order valence-corrected chi connectivity index (χ2v) is 10.8. The molecular weight excluding hydrogens is 540 g/mol. The molecule has 0 unspecified atom stereocenters. The number of carbonyl (C=O) groups excluding carboxylic acids is 1. The van der Waals surface area contributed by atoms with Gasteiger partial charge in [-0.05, 0) is 66.2 Å². The summed E-state index contributed by atoms with van der Waals surface area (Å²) in [5.74, 6) is -1.28. The Kier molecular flexibility index (Phi) is 6.58. The third-order valence-corrected chi connectivity index (χ3v) is 7.51. The molecule has 0 bridgehead atoms. The molecule has 3 N–H and O–H groups in total. The number of carbonyl (C=O) groups is 1. The van der Waals surface area contributed by atoms with Crippen LogP contribution in [-0.2, 0) is 10.1 Å². The summed E-state index contributed by atoms with van der Waals surface area (Å²) in [6.07, 6.45) is 0. The van der Waals surface area contributed by atoms with Crippen LogP contribution in [0.4, 0.5) is 22.7 Å². The van der Waals surface area contributed by atoms with Crippen molar-refractivity contribution >= 4 is 60.8 Å². The van der Waals surface area contributed by atoms with Crippen LogP contribution in [0.25, 0.3) is 33.1 Å². The number of para-hydroxylation sites is 1. The minimum atomic E-state index is -4.30. The normalized spacial score (nSPS) is 11.4. The van der Waals surface area contributed by atoms with Gasteiger partial charge in [0.05, 0.1) is 33.8 Å². The van der Waals surface area contributed by atoms with Crippen LogP contribution in [0, 0.1) is 0 Å². The molecule has 0 atom stereocenters. The molecule has 0 radical (unpaired) electrons. The minimum Gasteiger partial charge on any atom is -0.545 e. The Morgan fingerprint density at radius 1 is 0.659 bits per heavy atom. The van der Waals surface area contributed by atoms with Crippen LogP contribution < -0.4 is 15.7 Å². The van der Waals surface area contributed by atoms with E-state index in [1.54, 1.807) is 24.3 Å². The molecule has 41 heavy (non-hydrogen) atoms. The average molecular weight is 563 g/mol. The summed E-state index contributed by atoms with van der Waals surface area (Å²) < 4.78 is 38.4. The molecule has 0 saturated carbocycles. The highest BCUT2D eigenvalue weighted by molar-refractivity contribution is 7.85. The number of nitrogens with one attached hydrogen (secondary N) is 2. The van der Waals surface area contributed by atoms with E-state index in [1.165, 1.54) is 30.3 Å². The van der Waals surface area contributed by atoms with Crippen LogP contribution in [0.5, 0.6) is 0 Å². The van der Waals surface area contributed by atoms with Crippen molar-refractivity contribution in [2.45, 2.75) is 4.90 Å². The predicted octanol–water partition coefficient (Wildman–Crippen LogP) is 6.63. The van der Waals surface area contributed by atoms with Gasteiger partial charge in [-0.1, -0.05) is 42.5 Å². The third-order valence-electron chi connectivity index (χ3n) is 6.64. The Hall–Kier alpha value is -5.25. The van der Waals surface area contributed by atoms with Crippen molar-refractivity contribution in [3.8, 4) is 11.1 Å². The lowest BCUT2D eigenvalue weighted by molar-refractivity contribution is -0.254. The first-order valence-corrected chi connectivity index (χ1v) is 14.0. The van der Waals surface area contributed by atoms with E-state index >= 15 is 0 Å². The fourth-order valence-electron chi connectivity index (χ4n) is 4.78. The van der Waals surface area contributed by atoms with Crippen molar-refractivity contribution in [2.75, 3.05) is 10.6 Å². The number of rotatable bonds is 7. The molecule has 0 amide bonds. The van der Waals surface area contributed by atoms with Gasteiger partial charge in [-0.3, -0.25) is 4.55 Å². The van der Waals surface area contributed by atoms with Crippen LogP contribution in [0.3, 0.4) is 0 Å². The first kappa shape index (κ1) is 26.0. The summed E-state index contributed by atoms with van der Waals surface area (Å²) in [4.78, 5) is 11.9. The highest BCUT2D eigenvalue weighted by atomic mass is 32.2. The zero-order valence-corrected chi connectivity index (χ0v) is 22.2. The van der Waals surface area contributed by atoms with Crippen LogP contribution in [0.15, 0.2) is 125 Å². The van der Waals surface area contributed by atoms with Gasteiger partial charge < -0.3 is 20.5 Å². The van der Waals surface area contributed by atoms with Crippen LogP contribution >= 0.6 is 0 Å². The number of hydrogen-bond acceptors (Lipinski definition) is 6. The van der Waals surface area contributed by atoms with Gasteiger partial charge in [0, 0.05) is 33.9 Å². The fraction of sp³-hybridized carbons (Fsp3) is 0. The van der Waals surface area contributed by atoms with Crippen molar-refractivity contribution in [3.05, 3.63) is 121 Å². The van der Waals surface area contributed by atoms with Gasteiger partial charge in [0.1, 0.15) is 0 Å². The maximum Gasteiger partial charge on any atom is 0.363 e. The molecule has 202 valence electrons. The topological polar surface area (TPSA) is 130 Å². The van der Waals surface area contributed by atoms with Gasteiger partial charge in [-0.15, -0.1) is 0 Å². The van der Waals surface area contributed by atoms with E-state index in [0.29, 0.717) is 39.1 Å². The third kappa shape index (κ3) is 5.31. The minimum absolute atomic E-state index is 0.0638. The molecule has 9 heteroatoms. The molecule has 0 aliphatic rings. The lowest BCUT2D eigenvalue weighted by Gasteiger charge is -2.13. The quantitative estimate of drug-likeness (QED) is 0.112. The largest absolute Gasteiger partial charge is 0.545 e. The van der Waals surface area contributed by atoms with Gasteiger partial charge in [-0.25, -0.2) is 4.42 Å². The molecule has 0 aliphatic heterocycles. The van der Waals surface area contributed by atoms with E-state index < -0.39 is 16.1 Å². The molecule has 5 aromatic carbocycles. The molecule has 0 spiro atoms. The number of carboxylic acid groups (broad SMARTS) is 1. The van der Waals surface area contributed by atoms with E-state index in [0.717, 1.165) is 16.8 Å². The first-order chi connectivity index (χ1) is 19.8. The summed E-state index contributed by atoms with van der Waals surface area (Å²) in [6, 6.07) is 33.2. The zero-order valence-electron chi connectivity index (χ0n) is 21.4. The molecular formula is C32H22N2O6S. The fourth-order valence-corrected chi connectivity index (χ4v) is 5.26. The molecule has 6 aromatic rings. The SMILES string of the molecule is O=C([O-])c1ccccc1-c1c2ccc(Nc3ccccc3)cc2[o+]c2cc(Nc3ccc(S(=O)(=O)O)cc3)ccc12. The van der Waals surface area contributed by atoms with Crippen molar-refractivity contribution in [1.82, 2.24) is 0 Å². The smallest absolute Gasteiger partial charge is 0.363 e. The summed E-state index contributed by atoms with van der Waals surface area (Å²) >= 11 is 0. The standard InChI is InChI=1S/C32H22N2O6S/c35-32(36)26-9-5-4-8-25(26)31-27-16-12-22(33-20-6-2-1-3-7-20)18-29(27)40-30-19-23(13-17-28(30)31)34-21-10-14-24(15-11-21)41(37,38)39/h1-19,33-34H,(H-,35,36,37,38,39). The second kappa shape index (κ2) is 10.4. The lowest BCUT2D eigenvalue weighted by Crippen LogP contribution is -2.23. The maximum atomic E-state index is 12.1. The van der Waals surface area contributed by atoms with Crippen molar-refractivity contribution in [1.29, 1.82) is 0 Å². The van der Waals surface area contributed by atoms with E-state index in [-0.39, 0.29) is 10.5 Å². The van der Waals surface area contributed by atoms with E-state index in [9.17, 15) is 22.9 Å². The number of fused-ring (bicyclic) bond motifs is 2. The summed E-state index contributed by atoms with van der Waals surface area (Å²) in [6.45, 7) is 0. The Morgan fingerprint density at radius 2 is 1.17 bits per heavy atom. The van der Waals surface area contributed by atoms with Crippen molar-refractivity contribution in [3.63, 3.8) is 0 Å². The number of hydrogen-bond donors (Lipinski definition) is 3. The van der Waals surface area contributed by atoms with Gasteiger partial charge in [0.25, 0.3) is 10.1 Å². The van der Waals surface area contributed by atoms with Gasteiger partial charge in [0.15, 0.2) is 0 Å². The first-order valence-electron chi connectivity index (χ1n) is 12.6. The molecule has 8 nitrogen and oxygen atoms in total. The number of aromatic carboxylic acids is 1. The molecule has 1 aromatic heterocycles. The van der Waals surface area contributed by atoms with E-state index in [4.69, 9.17) is 4.42 Å². The number of benzene rings is 5. The summed E-state index contributed by atoms with van der Waals surface area (Å²) in [5.41, 5.74) is 5.23. The van der Waals surface area contributed by atoms with Gasteiger partial charge in [-0.2, -0.15) is 8.42 Å². The average Bonchev–Trinajstić information content (AvgIpc) is 2.96. The van der Waals surface area contributed by atoms with Gasteiger partial charge in [0.2, 0.25) is 0 Å². The summed E-state index contributed by atoms with van der Waals surface area (Å²) in [5, 5.41) is 20.0. The van der Waals surface area contributed by atoms with Crippen molar-refractivity contribution in [2.24, 2.45) is 0 Å². The number of anilines is 4. The predicted molar refractivity (Wildman–Crippen MR) is 157 cm³/mol. The Bertz CT molecular complexity index is 2040. The Labute approximate surface area is 235 Å². The van der Waals surface area contributed by atoms with Gasteiger partial charge >= 0.3 is 11.2 Å². The van der Waals surface area contributed by atoms with Crippen LogP contribution in [-0.4, -0.2) is 18.9 Å². The van der Waals surface area contributed by atoms with Crippen LogP contribution in [0.1, 0.15) is 10.4 Å². The molecule has 0 aliphatic carbocycles. The highest BCUT2D eigenvalue weighted by Crippen LogP contribution is 2.40. The highest BCUT2D eigenvalue weighted by Gasteiger charge is 2.23. The second-order valence-electron chi connectivity index (χ2n) is 9.35. The Morgan fingerprint density at radius 3 is 1.73 bits per heavy atom. The molecule has 6 rings (SSSR count). The molecule has 0 fully saturated rings. The van der Waals surface area contributed by atoms with Crippen molar-refractivity contribution < 1.29 is 27.3 Å². The van der Waals surface area contributed by atoms with E-state index in [1.807, 2.05) is 60.7 Å². The maximum absolute atomic E-state index is 12.1. The monoisotopic (exact) mass is 562 g/mol. The molecule has 0 saturated heterocycles. The van der Waals surface area contributed by atoms with E-state index in [2.05, 4.69) is 10.6 Å².